The fourth-order valence-electron chi connectivity index (χ4n) is 3.97. The summed E-state index contributed by atoms with van der Waals surface area (Å²) < 4.78 is 14.0. The Balaban J connectivity index is 1.51. The molecule has 2 heterocycles. The molecule has 8 heteroatoms. The van der Waals surface area contributed by atoms with Crippen LogP contribution in [0.3, 0.4) is 0 Å². The molecule has 0 saturated heterocycles. The largest absolute Gasteiger partial charge is 0.496 e. The lowest BCUT2D eigenvalue weighted by Gasteiger charge is -2.11. The zero-order valence-electron chi connectivity index (χ0n) is 19.1. The number of aryl methyl sites for hydroxylation is 1. The number of amides is 1. The highest BCUT2D eigenvalue weighted by atomic mass is 16.5. The molecule has 0 bridgehead atoms. The van der Waals surface area contributed by atoms with E-state index in [9.17, 15) is 9.59 Å². The van der Waals surface area contributed by atoms with Crippen LogP contribution in [-0.4, -0.2) is 40.3 Å². The molecule has 1 N–H and O–H groups in total. The molecule has 4 aromatic rings. The molecule has 172 valence electrons. The Kier molecular flexibility index (Phi) is 6.63. The van der Waals surface area contributed by atoms with Crippen molar-refractivity contribution >= 4 is 22.3 Å². The zero-order chi connectivity index (χ0) is 23.4. The number of hydrogen-bond acceptors (Lipinski definition) is 5. The van der Waals surface area contributed by atoms with Gasteiger partial charge in [0.1, 0.15) is 29.4 Å². The molecule has 33 heavy (non-hydrogen) atoms. The van der Waals surface area contributed by atoms with Crippen molar-refractivity contribution in [1.82, 2.24) is 19.5 Å². The third kappa shape index (κ3) is 4.55. The van der Waals surface area contributed by atoms with Crippen LogP contribution >= 0.6 is 0 Å². The Morgan fingerprint density at radius 3 is 2.58 bits per heavy atom. The van der Waals surface area contributed by atoms with Crippen LogP contribution in [0.5, 0.6) is 11.5 Å². The number of aromatic nitrogens is 3. The second-order valence-electron chi connectivity index (χ2n) is 7.67. The maximum absolute atomic E-state index is 13.1. The first-order chi connectivity index (χ1) is 16.0. The molecule has 0 spiro atoms. The van der Waals surface area contributed by atoms with Crippen LogP contribution in [0.15, 0.2) is 53.3 Å². The molecule has 4 rings (SSSR count). The van der Waals surface area contributed by atoms with Crippen LogP contribution in [0.1, 0.15) is 25.2 Å². The maximum atomic E-state index is 13.1. The van der Waals surface area contributed by atoms with Gasteiger partial charge in [-0.1, -0.05) is 25.1 Å². The number of carbonyl (C=O) groups excluding carboxylic acids is 1. The second kappa shape index (κ2) is 9.77. The van der Waals surface area contributed by atoms with Gasteiger partial charge in [0.05, 0.1) is 19.2 Å². The van der Waals surface area contributed by atoms with E-state index in [4.69, 9.17) is 9.47 Å². The fraction of sp³-hybridized carbons (Fsp3) is 0.320. The lowest BCUT2D eigenvalue weighted by Crippen LogP contribution is -2.36. The van der Waals surface area contributed by atoms with Gasteiger partial charge in [0, 0.05) is 18.4 Å². The van der Waals surface area contributed by atoms with Gasteiger partial charge in [-0.2, -0.15) is 5.10 Å². The first-order valence-electron chi connectivity index (χ1n) is 11.1. The quantitative estimate of drug-likeness (QED) is 0.425. The van der Waals surface area contributed by atoms with Crippen molar-refractivity contribution < 1.29 is 14.3 Å². The van der Waals surface area contributed by atoms with Crippen LogP contribution in [0.2, 0.25) is 0 Å². The van der Waals surface area contributed by atoms with Gasteiger partial charge in [-0.3, -0.25) is 14.0 Å². The Morgan fingerprint density at radius 1 is 1.09 bits per heavy atom. The third-order valence-electron chi connectivity index (χ3n) is 5.55. The number of fused-ring (bicyclic) bond motifs is 3. The summed E-state index contributed by atoms with van der Waals surface area (Å²) in [7, 11) is 1.60. The molecule has 0 aliphatic rings. The highest BCUT2D eigenvalue weighted by Crippen LogP contribution is 2.28. The van der Waals surface area contributed by atoms with E-state index in [1.54, 1.807) is 13.2 Å². The van der Waals surface area contributed by atoms with Crippen molar-refractivity contribution in [2.45, 2.75) is 33.2 Å². The Hall–Kier alpha value is -3.81. The van der Waals surface area contributed by atoms with Crippen molar-refractivity contribution in [3.8, 4) is 11.5 Å². The summed E-state index contributed by atoms with van der Waals surface area (Å²) in [6.45, 7) is 4.88. The summed E-state index contributed by atoms with van der Waals surface area (Å²) in [4.78, 5) is 25.7. The van der Waals surface area contributed by atoms with Gasteiger partial charge < -0.3 is 14.8 Å². The number of nitrogens with one attached hydrogen (secondary N) is 1. The first-order valence-corrected chi connectivity index (χ1v) is 11.1. The molecule has 1 amide bonds. The third-order valence-corrected chi connectivity index (χ3v) is 5.55. The van der Waals surface area contributed by atoms with Crippen LogP contribution in [0.25, 0.3) is 16.4 Å². The fourth-order valence-corrected chi connectivity index (χ4v) is 3.97. The van der Waals surface area contributed by atoms with Crippen molar-refractivity contribution in [3.05, 3.63) is 70.3 Å². The Bertz CT molecular complexity index is 1340. The summed E-state index contributed by atoms with van der Waals surface area (Å²) in [5, 5.41) is 8.20. The normalized spacial score (nSPS) is 11.1. The first kappa shape index (κ1) is 22.4. The molecule has 8 nitrogen and oxygen atoms in total. The van der Waals surface area contributed by atoms with Gasteiger partial charge in [0.2, 0.25) is 5.91 Å². The molecular weight excluding hydrogens is 420 g/mol. The van der Waals surface area contributed by atoms with Crippen LogP contribution in [0, 0.1) is 0 Å². The number of methoxy groups -OCH3 is 1. The SMILES string of the molecule is CCOc1ccc(CCNC(=O)Cn2nc(CC)n3c(cc4c(OC)cccc43)c2=O)cc1. The predicted molar refractivity (Wildman–Crippen MR) is 127 cm³/mol. The lowest BCUT2D eigenvalue weighted by atomic mass is 10.1. The summed E-state index contributed by atoms with van der Waals surface area (Å²) in [6.07, 6.45) is 1.29. The molecule has 0 aliphatic heterocycles. The topological polar surface area (TPSA) is 86.9 Å². The monoisotopic (exact) mass is 448 g/mol. The summed E-state index contributed by atoms with van der Waals surface area (Å²) in [6, 6.07) is 15.3. The molecule has 0 saturated carbocycles. The van der Waals surface area contributed by atoms with Gasteiger partial charge in [0.15, 0.2) is 0 Å². The van der Waals surface area contributed by atoms with Gasteiger partial charge in [-0.25, -0.2) is 4.68 Å². The minimum atomic E-state index is -0.313. The van der Waals surface area contributed by atoms with E-state index >= 15 is 0 Å². The number of ether oxygens (including phenoxy) is 2. The van der Waals surface area contributed by atoms with Crippen LogP contribution in [0.4, 0.5) is 0 Å². The minimum absolute atomic E-state index is 0.135. The molecule has 0 atom stereocenters. The number of rotatable bonds is 9. The van der Waals surface area contributed by atoms with Gasteiger partial charge in [0.25, 0.3) is 5.56 Å². The average Bonchev–Trinajstić information content (AvgIpc) is 3.22. The highest BCUT2D eigenvalue weighted by Gasteiger charge is 2.17. The van der Waals surface area contributed by atoms with Crippen molar-refractivity contribution in [3.63, 3.8) is 0 Å². The molecule has 0 radical (unpaired) electrons. The minimum Gasteiger partial charge on any atom is -0.496 e. The van der Waals surface area contributed by atoms with Gasteiger partial charge in [-0.05, 0) is 49.2 Å². The van der Waals surface area contributed by atoms with Crippen LogP contribution in [-0.2, 0) is 24.2 Å². The maximum Gasteiger partial charge on any atom is 0.291 e. The van der Waals surface area contributed by atoms with E-state index in [1.807, 2.05) is 60.7 Å². The van der Waals surface area contributed by atoms with E-state index in [0.29, 0.717) is 43.1 Å². The smallest absolute Gasteiger partial charge is 0.291 e. The van der Waals surface area contributed by atoms with E-state index in [0.717, 1.165) is 22.2 Å². The summed E-state index contributed by atoms with van der Waals surface area (Å²) >= 11 is 0. The number of hydrogen-bond donors (Lipinski definition) is 1. The van der Waals surface area contributed by atoms with Gasteiger partial charge in [-0.15, -0.1) is 0 Å². The highest BCUT2D eigenvalue weighted by molar-refractivity contribution is 5.92. The van der Waals surface area contributed by atoms with E-state index < -0.39 is 0 Å². The molecule has 0 unspecified atom stereocenters. The van der Waals surface area contributed by atoms with E-state index in [1.165, 1.54) is 4.68 Å². The van der Waals surface area contributed by atoms with Crippen molar-refractivity contribution in [2.75, 3.05) is 20.3 Å². The summed E-state index contributed by atoms with van der Waals surface area (Å²) in [5.41, 5.74) is 2.12. The zero-order valence-corrected chi connectivity index (χ0v) is 19.1. The standard InChI is InChI=1S/C25H28N4O4/c1-4-23-27-28(16-24(30)26-14-13-17-9-11-18(12-10-17)33-5-2)25(31)21-15-19-20(29(21)23)7-6-8-22(19)32-3/h6-12,15H,4-5,13-14,16H2,1-3H3,(H,26,30). The Morgan fingerprint density at radius 2 is 1.88 bits per heavy atom. The van der Waals surface area contributed by atoms with Gasteiger partial charge >= 0.3 is 0 Å². The average molecular weight is 449 g/mol. The summed E-state index contributed by atoms with van der Waals surface area (Å²) in [5.74, 6) is 1.97. The molecule has 0 aliphatic carbocycles. The van der Waals surface area contributed by atoms with E-state index in [2.05, 4.69) is 10.4 Å². The van der Waals surface area contributed by atoms with E-state index in [-0.39, 0.29) is 18.0 Å². The Labute approximate surface area is 191 Å². The number of carbonyl (C=O) groups is 1. The van der Waals surface area contributed by atoms with Crippen molar-refractivity contribution in [1.29, 1.82) is 0 Å². The predicted octanol–water partition coefficient (Wildman–Crippen LogP) is 2.98. The number of nitrogens with zero attached hydrogens (tertiary/aromatic N) is 3. The molecule has 0 fully saturated rings. The number of benzene rings is 2. The van der Waals surface area contributed by atoms with Crippen molar-refractivity contribution in [2.24, 2.45) is 0 Å². The lowest BCUT2D eigenvalue weighted by molar-refractivity contribution is -0.121. The molecule has 2 aromatic carbocycles. The molecular formula is C25H28N4O4. The second-order valence-corrected chi connectivity index (χ2v) is 7.67. The van der Waals surface area contributed by atoms with Crippen LogP contribution < -0.4 is 20.3 Å². The molecule has 2 aromatic heterocycles.